The van der Waals surface area contributed by atoms with Crippen LogP contribution in [-0.4, -0.2) is 31.5 Å². The number of pyridine rings is 1. The molecule has 96 valence electrons. The lowest BCUT2D eigenvalue weighted by molar-refractivity contribution is -0.109. The van der Waals surface area contributed by atoms with Gasteiger partial charge in [-0.2, -0.15) is 0 Å². The van der Waals surface area contributed by atoms with Crippen LogP contribution in [0, 0.1) is 0 Å². The Bertz CT molecular complexity index is 507. The van der Waals surface area contributed by atoms with E-state index in [0.29, 0.717) is 0 Å². The van der Waals surface area contributed by atoms with Gasteiger partial charge in [-0.3, -0.25) is 4.98 Å². The van der Waals surface area contributed by atoms with Crippen LogP contribution in [0.1, 0.15) is 6.92 Å². The molecule has 18 heavy (non-hydrogen) atoms. The van der Waals surface area contributed by atoms with Crippen LogP contribution in [0.2, 0.25) is 0 Å². The van der Waals surface area contributed by atoms with Crippen LogP contribution in [0.15, 0.2) is 36.5 Å². The van der Waals surface area contributed by atoms with E-state index in [2.05, 4.69) is 10.3 Å². The van der Waals surface area contributed by atoms with E-state index < -0.39 is 0 Å². The second-order valence-electron chi connectivity index (χ2n) is 4.15. The van der Waals surface area contributed by atoms with Gasteiger partial charge in [0.05, 0.1) is 17.2 Å². The third-order valence-corrected chi connectivity index (χ3v) is 2.89. The summed E-state index contributed by atoms with van der Waals surface area (Å²) in [7, 11) is 3.27. The topological polar surface area (TPSA) is 43.4 Å². The molecule has 0 radical (unpaired) electrons. The number of para-hydroxylation sites is 1. The molecular formula is C14H18N2O2. The fraction of sp³-hybridized carbons (Fsp3) is 0.357. The summed E-state index contributed by atoms with van der Waals surface area (Å²) in [5, 5.41) is 4.49. The highest BCUT2D eigenvalue weighted by Gasteiger charge is 2.16. The number of nitrogens with one attached hydrogen (secondary N) is 1. The normalized spacial score (nSPS) is 12.9. The van der Waals surface area contributed by atoms with Crippen molar-refractivity contribution in [3.05, 3.63) is 36.5 Å². The summed E-state index contributed by atoms with van der Waals surface area (Å²) in [5.74, 6) is 0. The number of hydrogen-bond donors (Lipinski definition) is 1. The van der Waals surface area contributed by atoms with Crippen LogP contribution in [0.25, 0.3) is 10.9 Å². The first kappa shape index (κ1) is 12.8. The molecule has 0 spiro atoms. The van der Waals surface area contributed by atoms with E-state index in [1.165, 1.54) is 0 Å². The Labute approximate surface area is 107 Å². The van der Waals surface area contributed by atoms with E-state index in [1.807, 2.05) is 37.3 Å². The molecule has 0 fully saturated rings. The summed E-state index contributed by atoms with van der Waals surface area (Å²) in [6, 6.07) is 10.1. The number of ether oxygens (including phenoxy) is 2. The van der Waals surface area contributed by atoms with Gasteiger partial charge in [-0.1, -0.05) is 18.2 Å². The average Bonchev–Trinajstić information content (AvgIpc) is 2.40. The predicted molar refractivity (Wildman–Crippen MR) is 72.6 cm³/mol. The van der Waals surface area contributed by atoms with Gasteiger partial charge in [0.15, 0.2) is 6.29 Å². The number of methoxy groups -OCH3 is 2. The molecule has 0 aliphatic rings. The molecule has 1 aromatic carbocycles. The first-order valence-electron chi connectivity index (χ1n) is 5.92. The van der Waals surface area contributed by atoms with Gasteiger partial charge in [-0.25, -0.2) is 0 Å². The van der Waals surface area contributed by atoms with Crippen LogP contribution in [0.5, 0.6) is 0 Å². The Morgan fingerprint density at radius 3 is 2.56 bits per heavy atom. The first-order chi connectivity index (χ1) is 8.76. The van der Waals surface area contributed by atoms with E-state index in [4.69, 9.17) is 9.47 Å². The second kappa shape index (κ2) is 5.80. The Balaban J connectivity index is 2.26. The minimum atomic E-state index is -0.288. The minimum Gasteiger partial charge on any atom is -0.376 e. The molecule has 1 aromatic heterocycles. The number of benzene rings is 1. The van der Waals surface area contributed by atoms with Gasteiger partial charge >= 0.3 is 0 Å². The summed E-state index contributed by atoms with van der Waals surface area (Å²) in [5.41, 5.74) is 1.94. The summed E-state index contributed by atoms with van der Waals surface area (Å²) < 4.78 is 10.5. The molecular weight excluding hydrogens is 228 g/mol. The molecule has 0 saturated heterocycles. The molecule has 0 amide bonds. The summed E-state index contributed by atoms with van der Waals surface area (Å²) in [6.07, 6.45) is 1.51. The Morgan fingerprint density at radius 1 is 1.11 bits per heavy atom. The van der Waals surface area contributed by atoms with E-state index in [9.17, 15) is 0 Å². The summed E-state index contributed by atoms with van der Waals surface area (Å²) >= 11 is 0. The van der Waals surface area contributed by atoms with Crippen LogP contribution < -0.4 is 5.32 Å². The number of rotatable bonds is 5. The van der Waals surface area contributed by atoms with Gasteiger partial charge in [0, 0.05) is 25.8 Å². The van der Waals surface area contributed by atoms with Crippen molar-refractivity contribution in [3.8, 4) is 0 Å². The molecule has 1 atom stereocenters. The van der Waals surface area contributed by atoms with E-state index >= 15 is 0 Å². The Morgan fingerprint density at radius 2 is 1.83 bits per heavy atom. The molecule has 0 saturated carbocycles. The Kier molecular flexibility index (Phi) is 4.12. The number of anilines is 1. The lowest BCUT2D eigenvalue weighted by atomic mass is 10.2. The average molecular weight is 246 g/mol. The van der Waals surface area contributed by atoms with E-state index in [0.717, 1.165) is 16.6 Å². The number of aromatic nitrogens is 1. The maximum atomic E-state index is 5.24. The molecule has 0 aliphatic carbocycles. The number of hydrogen-bond acceptors (Lipinski definition) is 4. The van der Waals surface area contributed by atoms with Crippen molar-refractivity contribution in [2.45, 2.75) is 19.3 Å². The van der Waals surface area contributed by atoms with Gasteiger partial charge in [0.2, 0.25) is 0 Å². The minimum absolute atomic E-state index is 0.0348. The van der Waals surface area contributed by atoms with Gasteiger partial charge in [0.1, 0.15) is 0 Å². The molecule has 1 unspecified atom stereocenters. The third-order valence-electron chi connectivity index (χ3n) is 2.89. The van der Waals surface area contributed by atoms with E-state index in [1.54, 1.807) is 20.4 Å². The SMILES string of the molecule is COC(OC)C(C)Nc1cccc2cccnc12. The van der Waals surface area contributed by atoms with Gasteiger partial charge in [0.25, 0.3) is 0 Å². The molecule has 0 aliphatic heterocycles. The third kappa shape index (κ3) is 2.60. The van der Waals surface area contributed by atoms with Gasteiger partial charge in [-0.05, 0) is 19.1 Å². The van der Waals surface area contributed by atoms with Gasteiger partial charge < -0.3 is 14.8 Å². The van der Waals surface area contributed by atoms with Crippen LogP contribution in [0.4, 0.5) is 5.69 Å². The fourth-order valence-electron chi connectivity index (χ4n) is 2.04. The number of nitrogens with zero attached hydrogens (tertiary/aromatic N) is 1. The quantitative estimate of drug-likeness (QED) is 0.824. The molecule has 4 nitrogen and oxygen atoms in total. The van der Waals surface area contributed by atoms with Crippen molar-refractivity contribution in [1.29, 1.82) is 0 Å². The largest absolute Gasteiger partial charge is 0.376 e. The fourth-order valence-corrected chi connectivity index (χ4v) is 2.04. The molecule has 2 rings (SSSR count). The van der Waals surface area contributed by atoms with Crippen molar-refractivity contribution in [2.24, 2.45) is 0 Å². The van der Waals surface area contributed by atoms with Crippen molar-refractivity contribution >= 4 is 16.6 Å². The lowest BCUT2D eigenvalue weighted by Gasteiger charge is -2.23. The molecule has 1 N–H and O–H groups in total. The zero-order chi connectivity index (χ0) is 13.0. The van der Waals surface area contributed by atoms with Crippen LogP contribution in [-0.2, 0) is 9.47 Å². The summed E-state index contributed by atoms with van der Waals surface area (Å²) in [4.78, 5) is 4.40. The highest BCUT2D eigenvalue weighted by Crippen LogP contribution is 2.22. The zero-order valence-electron chi connectivity index (χ0n) is 10.9. The summed E-state index contributed by atoms with van der Waals surface area (Å²) in [6.45, 7) is 2.01. The highest BCUT2D eigenvalue weighted by molar-refractivity contribution is 5.90. The number of fused-ring (bicyclic) bond motifs is 1. The van der Waals surface area contributed by atoms with Gasteiger partial charge in [-0.15, -0.1) is 0 Å². The van der Waals surface area contributed by atoms with Crippen molar-refractivity contribution in [2.75, 3.05) is 19.5 Å². The smallest absolute Gasteiger partial charge is 0.176 e. The van der Waals surface area contributed by atoms with Crippen LogP contribution >= 0.6 is 0 Å². The van der Waals surface area contributed by atoms with Crippen molar-refractivity contribution in [1.82, 2.24) is 4.98 Å². The van der Waals surface area contributed by atoms with Crippen molar-refractivity contribution < 1.29 is 9.47 Å². The zero-order valence-corrected chi connectivity index (χ0v) is 10.9. The predicted octanol–water partition coefficient (Wildman–Crippen LogP) is 2.65. The first-order valence-corrected chi connectivity index (χ1v) is 5.92. The van der Waals surface area contributed by atoms with E-state index in [-0.39, 0.29) is 12.3 Å². The van der Waals surface area contributed by atoms with Crippen LogP contribution in [0.3, 0.4) is 0 Å². The standard InChI is InChI=1S/C14H18N2O2/c1-10(14(17-2)18-3)16-12-8-4-6-11-7-5-9-15-13(11)12/h4-10,14,16H,1-3H3. The monoisotopic (exact) mass is 246 g/mol. The highest BCUT2D eigenvalue weighted by atomic mass is 16.7. The van der Waals surface area contributed by atoms with Crippen molar-refractivity contribution in [3.63, 3.8) is 0 Å². The second-order valence-corrected chi connectivity index (χ2v) is 4.15. The molecule has 2 aromatic rings. The lowest BCUT2D eigenvalue weighted by Crippen LogP contribution is -2.33. The molecule has 0 bridgehead atoms. The maximum absolute atomic E-state index is 5.24. The molecule has 1 heterocycles. The molecule has 4 heteroatoms. The Hall–Kier alpha value is -1.65. The maximum Gasteiger partial charge on any atom is 0.176 e.